The van der Waals surface area contributed by atoms with Crippen LogP contribution in [0.15, 0.2) is 128 Å². The van der Waals surface area contributed by atoms with Gasteiger partial charge in [-0.1, -0.05) is 85.3 Å². The van der Waals surface area contributed by atoms with Crippen molar-refractivity contribution >= 4 is 68.7 Å². The van der Waals surface area contributed by atoms with Gasteiger partial charge in [0.1, 0.15) is 77.4 Å². The highest BCUT2D eigenvalue weighted by molar-refractivity contribution is 7.22. The molecular formula is C91H119ClFN14O20S+. The van der Waals surface area contributed by atoms with Gasteiger partial charge in [0.05, 0.1) is 174 Å². The number of rotatable bonds is 56. The predicted molar refractivity (Wildman–Crippen MR) is 478 cm³/mol. The number of benzene rings is 5. The van der Waals surface area contributed by atoms with E-state index in [1.54, 1.807) is 114 Å². The highest BCUT2D eigenvalue weighted by Crippen LogP contribution is 2.50. The second-order valence-corrected chi connectivity index (χ2v) is 33.2. The summed E-state index contributed by atoms with van der Waals surface area (Å²) in [6.07, 6.45) is 2.76. The van der Waals surface area contributed by atoms with E-state index in [-0.39, 0.29) is 51.5 Å². The fraction of sp³-hybridized carbons (Fsp3) is 0.484. The number of hydrogen-bond acceptors (Lipinski definition) is 27. The number of carboxylic acids is 1. The number of alkyl carbamates (subject to hydrolysis) is 1. The molecule has 692 valence electrons. The van der Waals surface area contributed by atoms with Gasteiger partial charge < -0.3 is 103 Å². The van der Waals surface area contributed by atoms with Crippen molar-refractivity contribution < 1.29 is 104 Å². The van der Waals surface area contributed by atoms with Crippen molar-refractivity contribution in [3.05, 3.63) is 172 Å². The monoisotopic (exact) mass is 1810 g/mol. The number of urea groups is 1. The number of amides is 5. The number of halogens is 2. The lowest BCUT2D eigenvalue weighted by atomic mass is 9.96. The van der Waals surface area contributed by atoms with Crippen LogP contribution in [0, 0.1) is 18.7 Å². The van der Waals surface area contributed by atoms with Crippen LogP contribution in [0.5, 0.6) is 23.1 Å². The zero-order valence-corrected chi connectivity index (χ0v) is 75.7. The van der Waals surface area contributed by atoms with Crippen LogP contribution in [-0.4, -0.2) is 269 Å². The molecule has 1 aliphatic rings. The van der Waals surface area contributed by atoms with Crippen molar-refractivity contribution in [2.45, 2.75) is 118 Å². The summed E-state index contributed by atoms with van der Waals surface area (Å²) in [5.74, 6) is -1.26. The van der Waals surface area contributed by atoms with Crippen LogP contribution in [0.1, 0.15) is 81.1 Å². The number of quaternary nitrogens is 1. The van der Waals surface area contributed by atoms with Crippen molar-refractivity contribution in [1.82, 2.24) is 55.8 Å². The van der Waals surface area contributed by atoms with E-state index in [0.717, 1.165) is 37.3 Å². The number of nitrogens with one attached hydrogen (secondary N) is 4. The topological polar surface area (TPSA) is 394 Å². The number of carbonyl (C=O) groups is 5. The lowest BCUT2D eigenvalue weighted by Gasteiger charge is -2.42. The smallest absolute Gasteiger partial charge is 0.408 e. The molecule has 0 radical (unpaired) electrons. The SMILES string of the molecule is COCCOCCOCCOCCOCCOCCOCCOCCn1cc(COCc2cc(NC(=O)[C@H](CCCNC(N)=O)NC(=O)[C@@H](NC(=O)OC(C)(C)C)C(C)C)ccc2C[N+]2(C)CCN(CCOc3ccc(-c4c(-c5ccc(F)cc5)sc5ncnc(O[C@H](Cc6ccccc6OCc6ccnc(-c7ccccc7OC)n6)C(=O)O)c45)c(C)c3Cl)CC2)nn1. The highest BCUT2D eigenvalue weighted by atomic mass is 35.5. The standard InChI is InChI=1S/C91H118ClFN14O20S/c1-61(2)81(102-90(113)127-91(4,5)6)85(109)101-73(17-14-29-96-89(94)112)84(108)100-68-25-22-65(66(53-68)57-123-58-70-55-106(104-103-70)34-37-116-41-42-118-45-46-120-49-50-122-52-51-121-48-47-119-44-43-117-40-39-114-8)56-107(7)35-31-105(32-36-107)33-38-124-76-27-26-71(62(3)80(76)92)78-79-86(97-60-98-87(79)128-82(78)63-20-23-67(93)24-21-63)126-77(88(110)111)54-64-15-10-12-18-74(64)125-59-69-28-30-95-83(99-69)72-16-11-13-19-75(72)115-9/h10-13,15-16,18-28,30,53,55,60-61,73,77,81H,14,17,29,31-52,54,56-59H2,1-9H3,(H6-,94,96,100,101,102,108,109,110,111,112,113)/p+1/t73-,77+,81-/m0/s1. The van der Waals surface area contributed by atoms with E-state index in [2.05, 4.69) is 58.5 Å². The number of thiophene rings is 1. The molecule has 0 unspecified atom stereocenters. The third-order valence-corrected chi connectivity index (χ3v) is 22.2. The van der Waals surface area contributed by atoms with E-state index >= 15 is 0 Å². The molecule has 7 N–H and O–H groups in total. The van der Waals surface area contributed by atoms with Gasteiger partial charge in [-0.2, -0.15) is 0 Å². The number of nitrogens with zero attached hydrogens (tertiary/aromatic N) is 9. The number of primary amides is 1. The molecule has 128 heavy (non-hydrogen) atoms. The third kappa shape index (κ3) is 31.9. The Kier molecular flexibility index (Phi) is 40.0. The minimum absolute atomic E-state index is 0.0129. The molecule has 0 saturated carbocycles. The predicted octanol–water partition coefficient (Wildman–Crippen LogP) is 11.1. The van der Waals surface area contributed by atoms with Crippen molar-refractivity contribution in [2.75, 3.05) is 172 Å². The number of hydrogen-bond donors (Lipinski definition) is 6. The lowest BCUT2D eigenvalue weighted by Crippen LogP contribution is -2.57. The fourth-order valence-corrected chi connectivity index (χ4v) is 15.2. The minimum Gasteiger partial charge on any atom is -0.496 e. The molecule has 4 aromatic heterocycles. The Hall–Kier alpha value is -10.7. The molecule has 1 aliphatic heterocycles. The van der Waals surface area contributed by atoms with Gasteiger partial charge >= 0.3 is 18.1 Å². The second-order valence-electron chi connectivity index (χ2n) is 31.8. The van der Waals surface area contributed by atoms with Crippen molar-refractivity contribution in [3.8, 4) is 56.1 Å². The molecule has 0 spiro atoms. The van der Waals surface area contributed by atoms with Crippen LogP contribution >= 0.6 is 22.9 Å². The van der Waals surface area contributed by atoms with Gasteiger partial charge in [0.2, 0.25) is 23.8 Å². The molecule has 0 aliphatic carbocycles. The quantitative estimate of drug-likeness (QED) is 0.0152. The first kappa shape index (κ1) is 99.5. The molecule has 10 rings (SSSR count). The molecule has 3 atom stereocenters. The summed E-state index contributed by atoms with van der Waals surface area (Å²) in [4.78, 5) is 88.4. The number of aromatic nitrogens is 7. The molecule has 1 fully saturated rings. The summed E-state index contributed by atoms with van der Waals surface area (Å²) in [6, 6.07) is 28.8. The molecule has 5 amide bonds. The average Bonchev–Trinajstić information content (AvgIpc) is 1.59. The normalized spacial score (nSPS) is 13.5. The van der Waals surface area contributed by atoms with Crippen molar-refractivity contribution in [2.24, 2.45) is 11.7 Å². The maximum atomic E-state index is 14.6. The van der Waals surface area contributed by atoms with Gasteiger partial charge in [0.25, 0.3) is 0 Å². The number of fused-ring (bicyclic) bond motifs is 1. The molecule has 1 saturated heterocycles. The summed E-state index contributed by atoms with van der Waals surface area (Å²) < 4.78 is 97.7. The second kappa shape index (κ2) is 51.5. The first-order valence-electron chi connectivity index (χ1n) is 42.7. The van der Waals surface area contributed by atoms with Crippen LogP contribution in [0.3, 0.4) is 0 Å². The van der Waals surface area contributed by atoms with E-state index in [4.69, 9.17) is 88.6 Å². The first-order valence-corrected chi connectivity index (χ1v) is 43.9. The number of anilines is 1. The number of carboxylic acid groups (broad SMARTS) is 1. The van der Waals surface area contributed by atoms with Gasteiger partial charge in [0, 0.05) is 67.6 Å². The number of carbonyl (C=O) groups excluding carboxylic acids is 4. The Balaban J connectivity index is 0.757. The Morgan fingerprint density at radius 2 is 1.33 bits per heavy atom. The van der Waals surface area contributed by atoms with E-state index in [0.29, 0.717) is 223 Å². The van der Waals surface area contributed by atoms with Gasteiger partial charge in [-0.05, 0) is 129 Å². The Morgan fingerprint density at radius 1 is 0.672 bits per heavy atom. The number of para-hydroxylation sites is 2. The summed E-state index contributed by atoms with van der Waals surface area (Å²) >= 11 is 8.67. The number of aliphatic carboxylic acids is 1. The molecule has 9 aromatic rings. The molecular weight excluding hydrogens is 1700 g/mol. The number of piperazine rings is 1. The zero-order valence-electron chi connectivity index (χ0n) is 74.1. The molecule has 5 heterocycles. The van der Waals surface area contributed by atoms with Crippen LogP contribution in [0.25, 0.3) is 43.2 Å². The Bertz CT molecular complexity index is 5000. The Morgan fingerprint density at radius 3 is 1.98 bits per heavy atom. The van der Waals surface area contributed by atoms with Gasteiger partial charge in [-0.15, -0.1) is 16.4 Å². The largest absolute Gasteiger partial charge is 0.496 e. The summed E-state index contributed by atoms with van der Waals surface area (Å²) in [5, 5.41) is 31.4. The first-order chi connectivity index (χ1) is 61.8. The molecule has 34 nitrogen and oxygen atoms in total. The fourth-order valence-electron chi connectivity index (χ4n) is 13.8. The van der Waals surface area contributed by atoms with E-state index in [9.17, 15) is 33.5 Å². The average molecular weight is 1820 g/mol. The zero-order chi connectivity index (χ0) is 91.2. The molecule has 37 heteroatoms. The summed E-state index contributed by atoms with van der Waals surface area (Å²) in [7, 11) is 5.42. The lowest BCUT2D eigenvalue weighted by molar-refractivity contribution is -0.926. The van der Waals surface area contributed by atoms with Crippen molar-refractivity contribution in [3.63, 3.8) is 0 Å². The van der Waals surface area contributed by atoms with Crippen LogP contribution < -0.4 is 45.9 Å². The highest BCUT2D eigenvalue weighted by Gasteiger charge is 2.34. The number of nitrogens with two attached hydrogens (primary N) is 1. The summed E-state index contributed by atoms with van der Waals surface area (Å²) in [6.45, 7) is 22.6. The van der Waals surface area contributed by atoms with Crippen LogP contribution in [0.4, 0.5) is 19.7 Å². The van der Waals surface area contributed by atoms with Crippen molar-refractivity contribution in [1.29, 1.82) is 0 Å². The maximum Gasteiger partial charge on any atom is 0.408 e. The van der Waals surface area contributed by atoms with Gasteiger partial charge in [0.15, 0.2) is 5.82 Å². The van der Waals surface area contributed by atoms with Crippen LogP contribution in [0.2, 0.25) is 5.02 Å². The maximum absolute atomic E-state index is 14.6. The summed E-state index contributed by atoms with van der Waals surface area (Å²) in [5.41, 5.74) is 11.8. The van der Waals surface area contributed by atoms with Gasteiger partial charge in [-0.25, -0.2) is 43.4 Å². The van der Waals surface area contributed by atoms with Crippen LogP contribution in [-0.2, 0) is 101 Å². The number of ether oxygens (including phenoxy) is 14. The number of likely N-dealkylation sites (N-methyl/N-ethyl adjacent to an activating group) is 1. The molecule has 0 bridgehead atoms. The van der Waals surface area contributed by atoms with E-state index in [1.165, 1.54) is 29.8 Å². The van der Waals surface area contributed by atoms with E-state index in [1.807, 2.05) is 55.5 Å². The molecule has 5 aromatic carbocycles. The third-order valence-electron chi connectivity index (χ3n) is 20.6. The van der Waals surface area contributed by atoms with Gasteiger partial charge in [-0.3, -0.25) is 14.5 Å². The van der Waals surface area contributed by atoms with E-state index < -0.39 is 65.4 Å². The number of methoxy groups -OCH3 is 2. The Labute approximate surface area is 754 Å². The minimum atomic E-state index is -1.46.